The Balaban J connectivity index is 1.79. The molecule has 0 N–H and O–H groups in total. The first-order chi connectivity index (χ1) is 6.95. The second-order valence-corrected chi connectivity index (χ2v) is 5.08. The van der Waals surface area contributed by atoms with Gasteiger partial charge >= 0.3 is 0 Å². The lowest BCUT2D eigenvalue weighted by Gasteiger charge is -1.99. The summed E-state index contributed by atoms with van der Waals surface area (Å²) in [5.41, 5.74) is 1.41. The van der Waals surface area contributed by atoms with E-state index in [1.807, 2.05) is 23.1 Å². The Morgan fingerprint density at radius 2 is 1.79 bits per heavy atom. The number of benzene rings is 1. The summed E-state index contributed by atoms with van der Waals surface area (Å²) in [7, 11) is 0. The van der Waals surface area contributed by atoms with Gasteiger partial charge in [0, 0.05) is 16.4 Å². The molecule has 1 aromatic carbocycles. The van der Waals surface area contributed by atoms with Crippen molar-refractivity contribution in [3.8, 4) is 0 Å². The largest absolute Gasteiger partial charge is 0.152 e. The van der Waals surface area contributed by atoms with E-state index < -0.39 is 0 Å². The molecule has 0 radical (unpaired) electrons. The topological polar surface area (TPSA) is 0 Å². The SMILES string of the molecule is c1ccc(CSCc2cccs2)cc1. The fourth-order valence-electron chi connectivity index (χ4n) is 1.24. The normalized spacial score (nSPS) is 10.3. The van der Waals surface area contributed by atoms with Crippen molar-refractivity contribution < 1.29 is 0 Å². The van der Waals surface area contributed by atoms with E-state index >= 15 is 0 Å². The van der Waals surface area contributed by atoms with Gasteiger partial charge in [-0.15, -0.1) is 11.3 Å². The molecule has 0 spiro atoms. The molecule has 0 aliphatic rings. The highest BCUT2D eigenvalue weighted by Gasteiger charge is 1.95. The second-order valence-electron chi connectivity index (χ2n) is 3.06. The fraction of sp³-hybridized carbons (Fsp3) is 0.167. The Hall–Kier alpha value is -0.730. The molecule has 0 nitrogen and oxygen atoms in total. The number of hydrogen-bond acceptors (Lipinski definition) is 2. The predicted molar refractivity (Wildman–Crippen MR) is 65.8 cm³/mol. The summed E-state index contributed by atoms with van der Waals surface area (Å²) < 4.78 is 0. The Kier molecular flexibility index (Phi) is 3.66. The molecule has 1 heterocycles. The Bertz CT molecular complexity index is 351. The molecule has 0 saturated carbocycles. The third-order valence-electron chi connectivity index (χ3n) is 1.94. The molecule has 2 aromatic rings. The van der Waals surface area contributed by atoms with Gasteiger partial charge in [-0.1, -0.05) is 36.4 Å². The zero-order valence-corrected chi connectivity index (χ0v) is 9.48. The van der Waals surface area contributed by atoms with E-state index in [9.17, 15) is 0 Å². The number of rotatable bonds is 4. The summed E-state index contributed by atoms with van der Waals surface area (Å²) >= 11 is 3.81. The van der Waals surface area contributed by atoms with Gasteiger partial charge < -0.3 is 0 Å². The first kappa shape index (κ1) is 9.81. The molecular weight excluding hydrogens is 208 g/mol. The third kappa shape index (κ3) is 2.89. The van der Waals surface area contributed by atoms with Gasteiger partial charge in [0.1, 0.15) is 0 Å². The van der Waals surface area contributed by atoms with Crippen molar-refractivity contribution in [1.82, 2.24) is 0 Å². The van der Waals surface area contributed by atoms with Crippen LogP contribution in [-0.4, -0.2) is 0 Å². The maximum Gasteiger partial charge on any atom is 0.0282 e. The summed E-state index contributed by atoms with van der Waals surface area (Å²) in [6.07, 6.45) is 0. The zero-order valence-electron chi connectivity index (χ0n) is 7.85. The van der Waals surface area contributed by atoms with Crippen molar-refractivity contribution in [2.24, 2.45) is 0 Å². The molecule has 0 fully saturated rings. The van der Waals surface area contributed by atoms with Gasteiger partial charge in [0.25, 0.3) is 0 Å². The monoisotopic (exact) mass is 220 g/mol. The van der Waals surface area contributed by atoms with Crippen molar-refractivity contribution in [2.75, 3.05) is 0 Å². The molecule has 0 aliphatic carbocycles. The van der Waals surface area contributed by atoms with Crippen LogP contribution < -0.4 is 0 Å². The summed E-state index contributed by atoms with van der Waals surface area (Å²) in [6, 6.07) is 14.9. The highest BCUT2D eigenvalue weighted by Crippen LogP contribution is 2.20. The molecule has 0 aliphatic heterocycles. The van der Waals surface area contributed by atoms with Crippen molar-refractivity contribution in [1.29, 1.82) is 0 Å². The summed E-state index contributed by atoms with van der Waals surface area (Å²) in [5.74, 6) is 2.24. The summed E-state index contributed by atoms with van der Waals surface area (Å²) in [4.78, 5) is 1.46. The molecule has 2 rings (SSSR count). The van der Waals surface area contributed by atoms with Gasteiger partial charge in [-0.05, 0) is 17.0 Å². The lowest BCUT2D eigenvalue weighted by Crippen LogP contribution is -1.79. The molecular formula is C12H12S2. The van der Waals surface area contributed by atoms with Gasteiger partial charge in [-0.2, -0.15) is 11.8 Å². The first-order valence-electron chi connectivity index (χ1n) is 4.59. The van der Waals surface area contributed by atoms with Gasteiger partial charge in [0.15, 0.2) is 0 Å². The van der Waals surface area contributed by atoms with E-state index in [0.29, 0.717) is 0 Å². The predicted octanol–water partition coefficient (Wildman–Crippen LogP) is 4.18. The maximum absolute atomic E-state index is 2.20. The molecule has 0 amide bonds. The average molecular weight is 220 g/mol. The van der Waals surface area contributed by atoms with Gasteiger partial charge in [-0.25, -0.2) is 0 Å². The molecule has 0 saturated heterocycles. The molecule has 1 aromatic heterocycles. The van der Waals surface area contributed by atoms with Crippen LogP contribution >= 0.6 is 23.1 Å². The smallest absolute Gasteiger partial charge is 0.0282 e. The molecule has 14 heavy (non-hydrogen) atoms. The van der Waals surface area contributed by atoms with E-state index in [4.69, 9.17) is 0 Å². The van der Waals surface area contributed by atoms with Crippen molar-refractivity contribution in [2.45, 2.75) is 11.5 Å². The van der Waals surface area contributed by atoms with Crippen LogP contribution in [0.1, 0.15) is 10.4 Å². The fourth-order valence-corrected chi connectivity index (χ4v) is 3.08. The van der Waals surface area contributed by atoms with Crippen LogP contribution in [0.25, 0.3) is 0 Å². The van der Waals surface area contributed by atoms with Gasteiger partial charge in [0.2, 0.25) is 0 Å². The van der Waals surface area contributed by atoms with E-state index in [1.54, 1.807) is 0 Å². The molecule has 72 valence electrons. The van der Waals surface area contributed by atoms with E-state index in [2.05, 4.69) is 47.8 Å². The Morgan fingerprint density at radius 1 is 0.929 bits per heavy atom. The van der Waals surface area contributed by atoms with Crippen LogP contribution in [0.2, 0.25) is 0 Å². The van der Waals surface area contributed by atoms with Crippen LogP contribution in [0.15, 0.2) is 47.8 Å². The Labute approximate surface area is 93.0 Å². The number of thioether (sulfide) groups is 1. The lowest BCUT2D eigenvalue weighted by atomic mass is 10.2. The highest BCUT2D eigenvalue weighted by molar-refractivity contribution is 7.97. The number of thiophene rings is 1. The standard InChI is InChI=1S/C12H12S2/c1-2-5-11(6-3-1)9-13-10-12-7-4-8-14-12/h1-8H,9-10H2. The quantitative estimate of drug-likeness (QED) is 0.745. The van der Waals surface area contributed by atoms with E-state index in [1.165, 1.54) is 10.4 Å². The van der Waals surface area contributed by atoms with Gasteiger partial charge in [0.05, 0.1) is 0 Å². The molecule has 0 atom stereocenters. The molecule has 2 heteroatoms. The number of hydrogen-bond donors (Lipinski definition) is 0. The van der Waals surface area contributed by atoms with E-state index in [-0.39, 0.29) is 0 Å². The van der Waals surface area contributed by atoms with Crippen LogP contribution in [0, 0.1) is 0 Å². The van der Waals surface area contributed by atoms with Crippen molar-refractivity contribution in [3.05, 3.63) is 58.3 Å². The third-order valence-corrected chi connectivity index (χ3v) is 4.05. The first-order valence-corrected chi connectivity index (χ1v) is 6.62. The van der Waals surface area contributed by atoms with Crippen LogP contribution in [-0.2, 0) is 11.5 Å². The van der Waals surface area contributed by atoms with Gasteiger partial charge in [-0.3, -0.25) is 0 Å². The summed E-state index contributed by atoms with van der Waals surface area (Å²) in [6.45, 7) is 0. The molecule has 0 bridgehead atoms. The maximum atomic E-state index is 2.20. The van der Waals surface area contributed by atoms with E-state index in [0.717, 1.165) is 11.5 Å². The molecule has 0 unspecified atom stereocenters. The van der Waals surface area contributed by atoms with Crippen LogP contribution in [0.4, 0.5) is 0 Å². The average Bonchev–Trinajstić information content (AvgIpc) is 2.72. The minimum Gasteiger partial charge on any atom is -0.152 e. The summed E-state index contributed by atoms with van der Waals surface area (Å²) in [5, 5.41) is 2.14. The zero-order chi connectivity index (χ0) is 9.64. The Morgan fingerprint density at radius 3 is 2.50 bits per heavy atom. The van der Waals surface area contributed by atoms with Crippen LogP contribution in [0.5, 0.6) is 0 Å². The van der Waals surface area contributed by atoms with Crippen molar-refractivity contribution in [3.63, 3.8) is 0 Å². The minimum atomic E-state index is 1.11. The van der Waals surface area contributed by atoms with Crippen molar-refractivity contribution >= 4 is 23.1 Å². The minimum absolute atomic E-state index is 1.11. The lowest BCUT2D eigenvalue weighted by molar-refractivity contribution is 1.40. The second kappa shape index (κ2) is 5.23. The highest BCUT2D eigenvalue weighted by atomic mass is 32.2. The van der Waals surface area contributed by atoms with Crippen LogP contribution in [0.3, 0.4) is 0 Å².